The number of nitriles is 1. The number of amides is 1. The number of nitrogens with one attached hydrogen (secondary N) is 2. The number of anilines is 1. The van der Waals surface area contributed by atoms with Crippen molar-refractivity contribution >= 4 is 23.5 Å². The second kappa shape index (κ2) is 14.9. The van der Waals surface area contributed by atoms with Crippen molar-refractivity contribution in [3.63, 3.8) is 0 Å². The van der Waals surface area contributed by atoms with Crippen LogP contribution in [0.25, 0.3) is 0 Å². The number of halogens is 6. The van der Waals surface area contributed by atoms with Crippen molar-refractivity contribution in [3.05, 3.63) is 64.7 Å². The average molecular weight is 654 g/mol. The quantitative estimate of drug-likeness (QED) is 0.113. The highest BCUT2D eigenvalue weighted by Gasteiger charge is 2.38. The van der Waals surface area contributed by atoms with E-state index in [-0.39, 0.29) is 48.6 Å². The number of carboxylic acid groups (broad SMARTS) is 1. The summed E-state index contributed by atoms with van der Waals surface area (Å²) in [7, 11) is 0. The molecule has 0 radical (unpaired) electrons. The summed E-state index contributed by atoms with van der Waals surface area (Å²) >= 11 is 0. The zero-order valence-corrected chi connectivity index (χ0v) is 25.7. The lowest BCUT2D eigenvalue weighted by molar-refractivity contribution is -0.143. The van der Waals surface area contributed by atoms with Crippen LogP contribution in [-0.4, -0.2) is 47.0 Å². The van der Waals surface area contributed by atoms with Gasteiger partial charge < -0.3 is 20.6 Å². The van der Waals surface area contributed by atoms with Gasteiger partial charge in [-0.05, 0) is 72.9 Å². The minimum Gasteiger partial charge on any atom is -0.481 e. The van der Waals surface area contributed by atoms with Crippen LogP contribution in [0.1, 0.15) is 79.9 Å². The van der Waals surface area contributed by atoms with E-state index in [0.717, 1.165) is 12.8 Å². The molecule has 1 aliphatic carbocycles. The first kappa shape index (κ1) is 36.2. The summed E-state index contributed by atoms with van der Waals surface area (Å²) < 4.78 is 81.6. The first-order valence-electron chi connectivity index (χ1n) is 14.7. The predicted molar refractivity (Wildman–Crippen MR) is 160 cm³/mol. The number of rotatable bonds is 9. The summed E-state index contributed by atoms with van der Waals surface area (Å²) in [6.45, 7) is 6.08. The fourth-order valence-electron chi connectivity index (χ4n) is 5.44. The minimum atomic E-state index is -5.05. The predicted octanol–water partition coefficient (Wildman–Crippen LogP) is 7.33. The van der Waals surface area contributed by atoms with Gasteiger partial charge in [0.15, 0.2) is 5.96 Å². The Morgan fingerprint density at radius 3 is 2.00 bits per heavy atom. The van der Waals surface area contributed by atoms with Crippen molar-refractivity contribution in [2.75, 3.05) is 18.4 Å². The number of hydrogen-bond acceptors (Lipinski definition) is 4. The first-order chi connectivity index (χ1) is 21.4. The van der Waals surface area contributed by atoms with E-state index in [9.17, 15) is 41.2 Å². The number of benzene rings is 2. The molecule has 46 heavy (non-hydrogen) atoms. The molecule has 3 rings (SSSR count). The minimum absolute atomic E-state index is 0.0404. The van der Waals surface area contributed by atoms with Gasteiger partial charge in [0.2, 0.25) is 0 Å². The third kappa shape index (κ3) is 10.4. The van der Waals surface area contributed by atoms with Crippen LogP contribution in [0.2, 0.25) is 0 Å². The normalized spacial score (nSPS) is 17.6. The van der Waals surface area contributed by atoms with Crippen molar-refractivity contribution < 1.29 is 41.0 Å². The molecule has 0 bridgehead atoms. The molecule has 1 saturated carbocycles. The van der Waals surface area contributed by atoms with Gasteiger partial charge in [-0.15, -0.1) is 0 Å². The smallest absolute Gasteiger partial charge is 0.416 e. The molecule has 0 aromatic heterocycles. The molecule has 1 fully saturated rings. The second-order valence-electron chi connectivity index (χ2n) is 12.3. The van der Waals surface area contributed by atoms with Crippen molar-refractivity contribution in [2.24, 2.45) is 16.3 Å². The van der Waals surface area contributed by atoms with Gasteiger partial charge >= 0.3 is 18.3 Å². The summed E-state index contributed by atoms with van der Waals surface area (Å²) in [6.07, 6.45) is -7.36. The summed E-state index contributed by atoms with van der Waals surface area (Å²) in [6, 6.07) is 9.18. The van der Waals surface area contributed by atoms with Crippen molar-refractivity contribution in [2.45, 2.75) is 77.8 Å². The molecule has 8 nitrogen and oxygen atoms in total. The van der Waals surface area contributed by atoms with Gasteiger partial charge in [-0.3, -0.25) is 9.59 Å². The van der Waals surface area contributed by atoms with Crippen molar-refractivity contribution in [1.82, 2.24) is 10.2 Å². The van der Waals surface area contributed by atoms with Gasteiger partial charge in [-0.2, -0.15) is 31.6 Å². The summed E-state index contributed by atoms with van der Waals surface area (Å²) in [4.78, 5) is 29.1. The van der Waals surface area contributed by atoms with Crippen LogP contribution in [-0.2, 0) is 23.7 Å². The molecule has 0 spiro atoms. The average Bonchev–Trinajstić information content (AvgIpc) is 2.97. The Bertz CT molecular complexity index is 1400. The number of nitrogens with zero attached hydrogens (tertiary/aromatic N) is 3. The number of carbonyl (C=O) groups excluding carboxylic acids is 1. The Balaban J connectivity index is 1.98. The summed E-state index contributed by atoms with van der Waals surface area (Å²) in [5.41, 5.74) is -2.49. The zero-order chi connectivity index (χ0) is 34.3. The van der Waals surface area contributed by atoms with Crippen LogP contribution in [0, 0.1) is 22.7 Å². The number of guanidine groups is 1. The van der Waals surface area contributed by atoms with E-state index in [1.807, 2.05) is 6.07 Å². The molecule has 250 valence electrons. The molecule has 1 aliphatic rings. The van der Waals surface area contributed by atoms with Gasteiger partial charge in [0, 0.05) is 30.4 Å². The van der Waals surface area contributed by atoms with Gasteiger partial charge in [0.1, 0.15) is 6.54 Å². The Morgan fingerprint density at radius 1 is 0.957 bits per heavy atom. The molecule has 0 saturated heterocycles. The molecule has 3 N–H and O–H groups in total. The largest absolute Gasteiger partial charge is 0.481 e. The first-order valence-corrected chi connectivity index (χ1v) is 14.7. The lowest BCUT2D eigenvalue weighted by Gasteiger charge is -2.42. The van der Waals surface area contributed by atoms with Crippen molar-refractivity contribution in [3.8, 4) is 6.07 Å². The number of carboxylic acids is 1. The topological polar surface area (TPSA) is 118 Å². The molecule has 0 aliphatic heterocycles. The number of hydrogen-bond donors (Lipinski definition) is 3. The van der Waals surface area contributed by atoms with E-state index in [2.05, 4.69) is 36.4 Å². The number of alkyl halides is 6. The SMILES string of the molecule is CC(C)(C)C1CCC(N(Cc2ccc(C(=O)NCCC(=O)O)cc2)C(=NCC#N)Nc2cc(C(F)(F)F)cc(C(F)(F)F)c2)CC1. The van der Waals surface area contributed by atoms with Gasteiger partial charge in [-0.1, -0.05) is 32.9 Å². The summed E-state index contributed by atoms with van der Waals surface area (Å²) in [5, 5.41) is 23.3. The second-order valence-corrected chi connectivity index (χ2v) is 12.3. The zero-order valence-electron chi connectivity index (χ0n) is 25.7. The Kier molecular flexibility index (Phi) is 11.7. The maximum atomic E-state index is 13.6. The molecular formula is C32H37F6N5O3. The van der Waals surface area contributed by atoms with Crippen molar-refractivity contribution in [1.29, 1.82) is 5.26 Å². The van der Waals surface area contributed by atoms with Crippen LogP contribution in [0.15, 0.2) is 47.5 Å². The maximum absolute atomic E-state index is 13.6. The molecule has 14 heteroatoms. The number of carbonyl (C=O) groups is 2. The lowest BCUT2D eigenvalue weighted by atomic mass is 9.71. The van der Waals surface area contributed by atoms with Gasteiger partial charge in [0.05, 0.1) is 23.6 Å². The van der Waals surface area contributed by atoms with Crippen LogP contribution in [0.3, 0.4) is 0 Å². The fourth-order valence-corrected chi connectivity index (χ4v) is 5.44. The van der Waals surface area contributed by atoms with E-state index < -0.39 is 47.6 Å². The van der Waals surface area contributed by atoms with Crippen LogP contribution < -0.4 is 10.6 Å². The lowest BCUT2D eigenvalue weighted by Crippen LogP contribution is -2.46. The highest BCUT2D eigenvalue weighted by atomic mass is 19.4. The van der Waals surface area contributed by atoms with E-state index in [1.54, 1.807) is 17.0 Å². The van der Waals surface area contributed by atoms with E-state index in [4.69, 9.17) is 5.11 Å². The van der Waals surface area contributed by atoms with E-state index in [0.29, 0.717) is 36.5 Å². The van der Waals surface area contributed by atoms with Crippen LogP contribution in [0.5, 0.6) is 0 Å². The number of aliphatic imine (C=N–C) groups is 1. The highest BCUT2D eigenvalue weighted by molar-refractivity contribution is 5.95. The Labute approximate surface area is 263 Å². The molecule has 1 amide bonds. The molecule has 0 unspecified atom stereocenters. The number of aliphatic carboxylic acids is 1. The summed E-state index contributed by atoms with van der Waals surface area (Å²) in [5.74, 6) is -1.19. The molecular weight excluding hydrogens is 616 g/mol. The van der Waals surface area contributed by atoms with Gasteiger partial charge in [-0.25, -0.2) is 4.99 Å². The van der Waals surface area contributed by atoms with E-state index in [1.165, 1.54) is 12.1 Å². The Morgan fingerprint density at radius 2 is 1.52 bits per heavy atom. The fraction of sp³-hybridized carbons (Fsp3) is 0.500. The van der Waals surface area contributed by atoms with Crippen LogP contribution in [0.4, 0.5) is 32.0 Å². The van der Waals surface area contributed by atoms with Gasteiger partial charge in [0.25, 0.3) is 5.91 Å². The Hall–Kier alpha value is -4.28. The van der Waals surface area contributed by atoms with E-state index >= 15 is 0 Å². The third-order valence-electron chi connectivity index (χ3n) is 7.97. The molecule has 2 aromatic carbocycles. The standard InChI is InChI=1S/C32H37F6N5O3/c1-30(2,3)22-8-10-26(11-9-22)43(19-20-4-6-21(7-5-20)28(46)40-14-12-27(44)45)29(41-15-13-39)42-25-17-23(31(33,34)35)16-24(18-25)32(36,37)38/h4-7,16-18,22,26H,8-12,14-15,19H2,1-3H3,(H,40,46)(H,41,42)(H,44,45). The molecule has 0 atom stereocenters. The highest BCUT2D eigenvalue weighted by Crippen LogP contribution is 2.40. The van der Waals surface area contributed by atoms with Crippen LogP contribution >= 0.6 is 0 Å². The third-order valence-corrected chi connectivity index (χ3v) is 7.97. The monoisotopic (exact) mass is 653 g/mol. The molecule has 0 heterocycles. The molecule has 2 aromatic rings. The maximum Gasteiger partial charge on any atom is 0.416 e.